The minimum absolute atomic E-state index is 0. The summed E-state index contributed by atoms with van der Waals surface area (Å²) in [6.45, 7) is 0. The second kappa shape index (κ2) is 5.11. The third-order valence-corrected chi connectivity index (χ3v) is 0. The van der Waals surface area contributed by atoms with Crippen molar-refractivity contribution in [1.29, 1.82) is 0 Å². The second-order valence-corrected chi connectivity index (χ2v) is 1.47. The van der Waals surface area contributed by atoms with E-state index in [4.69, 9.17) is 19.2 Å². The molecule has 0 amide bonds. The van der Waals surface area contributed by atoms with Gasteiger partial charge in [0, 0.05) is 0 Å². The zero-order chi connectivity index (χ0) is 4.50. The summed E-state index contributed by atoms with van der Waals surface area (Å²) in [5.41, 5.74) is 0. The fraction of sp³-hybridized carbons (Fsp3) is 0. The number of phosphoric acid groups is 1. The number of hydrogen-bond donors (Lipinski definition) is 2. The molecule has 2 unspecified atom stereocenters. The molecule has 0 rings (SSSR count). The summed E-state index contributed by atoms with van der Waals surface area (Å²) >= 11 is 0. The molecule has 2 N–H and O–H groups in total. The maximum atomic E-state index is 8.77. The molecule has 0 aliphatic heterocycles. The average Bonchev–Trinajstić information content (AvgIpc) is 0.722. The normalized spacial score (nSPS) is 8.43. The van der Waals surface area contributed by atoms with Crippen molar-refractivity contribution >= 4 is 27.6 Å². The SMILES string of the molecule is O=P([O-])(O)O.P.P.[H+]. The first-order chi connectivity index (χ1) is 2.00. The first-order valence-electron chi connectivity index (χ1n) is 0.765. The molecule has 4 nitrogen and oxygen atoms in total. The van der Waals surface area contributed by atoms with Crippen molar-refractivity contribution in [3.8, 4) is 0 Å². The van der Waals surface area contributed by atoms with Crippen molar-refractivity contribution in [3.63, 3.8) is 0 Å². The Morgan fingerprint density at radius 1 is 1.43 bits per heavy atom. The molecular formula is H9O4P3. The third-order valence-electron chi connectivity index (χ3n) is 0. The van der Waals surface area contributed by atoms with Crippen LogP contribution in [0, 0.1) is 0 Å². The minimum Gasteiger partial charge on any atom is -0.756 e. The summed E-state index contributed by atoms with van der Waals surface area (Å²) in [5.74, 6) is 0. The molecule has 2 atom stereocenters. The van der Waals surface area contributed by atoms with Crippen LogP contribution in [0.4, 0.5) is 0 Å². The molecule has 7 heteroatoms. The molecule has 0 aliphatic carbocycles. The Labute approximate surface area is 49.3 Å². The van der Waals surface area contributed by atoms with E-state index in [9.17, 15) is 0 Å². The molecular weight excluding hydrogens is 157 g/mol. The van der Waals surface area contributed by atoms with Crippen LogP contribution in [-0.4, -0.2) is 9.79 Å². The zero-order valence-corrected chi connectivity index (χ0v) is 7.30. The van der Waals surface area contributed by atoms with E-state index in [0.717, 1.165) is 0 Å². The quantitative estimate of drug-likeness (QED) is 0.437. The van der Waals surface area contributed by atoms with Gasteiger partial charge in [-0.1, -0.05) is 0 Å². The monoisotopic (exact) mass is 166 g/mol. The first kappa shape index (κ1) is 15.7. The van der Waals surface area contributed by atoms with Crippen LogP contribution in [0.5, 0.6) is 0 Å². The molecule has 0 aromatic rings. The standard InChI is InChI=1S/H3O4P.2H3P/c1-5(2,3)4;;/h(H3,1,2,3,4);2*1H3. The lowest BCUT2D eigenvalue weighted by atomic mass is 15.8. The van der Waals surface area contributed by atoms with Crippen LogP contribution in [0.15, 0.2) is 0 Å². The van der Waals surface area contributed by atoms with Crippen LogP contribution in [0.3, 0.4) is 0 Å². The van der Waals surface area contributed by atoms with E-state index in [1.807, 2.05) is 0 Å². The molecule has 0 aliphatic rings. The van der Waals surface area contributed by atoms with Crippen LogP contribution >= 0.6 is 27.6 Å². The lowest BCUT2D eigenvalue weighted by Gasteiger charge is -2.01. The molecule has 0 saturated heterocycles. The Bertz CT molecular complexity index is 57.4. The molecule has 0 heterocycles. The highest BCUT2D eigenvalue weighted by Gasteiger charge is 1.82. The number of hydrogen-bond acceptors (Lipinski definition) is 2. The average molecular weight is 166 g/mol. The van der Waals surface area contributed by atoms with Gasteiger partial charge in [0.15, 0.2) is 0 Å². The lowest BCUT2D eigenvalue weighted by Crippen LogP contribution is -1.94. The van der Waals surface area contributed by atoms with Crippen LogP contribution in [0.2, 0.25) is 0 Å². The molecule has 0 spiro atoms. The fourth-order valence-corrected chi connectivity index (χ4v) is 0. The van der Waals surface area contributed by atoms with Crippen molar-refractivity contribution < 1.29 is 20.7 Å². The maximum Gasteiger partial charge on any atom is 1.00 e. The van der Waals surface area contributed by atoms with E-state index >= 15 is 0 Å². The van der Waals surface area contributed by atoms with Gasteiger partial charge >= 0.3 is 1.43 Å². The zero-order valence-electron chi connectivity index (χ0n) is 4.57. The molecule has 0 bridgehead atoms. The highest BCUT2D eigenvalue weighted by molar-refractivity contribution is 7.43. The highest BCUT2D eigenvalue weighted by Crippen LogP contribution is 2.18. The first-order valence-corrected chi connectivity index (χ1v) is 2.30. The van der Waals surface area contributed by atoms with Gasteiger partial charge < -0.3 is 14.7 Å². The third kappa shape index (κ3) is 183. The van der Waals surface area contributed by atoms with Gasteiger partial charge in [-0.25, -0.2) is 0 Å². The van der Waals surface area contributed by atoms with Gasteiger partial charge in [0.25, 0.3) is 7.82 Å². The van der Waals surface area contributed by atoms with Gasteiger partial charge in [0.05, 0.1) is 0 Å². The van der Waals surface area contributed by atoms with Crippen molar-refractivity contribution in [2.45, 2.75) is 0 Å². The molecule has 0 saturated carbocycles. The van der Waals surface area contributed by atoms with Gasteiger partial charge in [-0.05, 0) is 0 Å². The second-order valence-electron chi connectivity index (χ2n) is 0.491. The predicted octanol–water partition coefficient (Wildman–Crippen LogP) is -1.33. The molecule has 48 valence electrons. The minimum atomic E-state index is -4.89. The highest BCUT2D eigenvalue weighted by atomic mass is 31.2. The maximum absolute atomic E-state index is 8.77. The smallest absolute Gasteiger partial charge is 0.756 e. The Hall–Kier alpha value is 0.970. The molecule has 0 aromatic carbocycles. The largest absolute Gasteiger partial charge is 1.00 e. The molecule has 7 heavy (non-hydrogen) atoms. The van der Waals surface area contributed by atoms with Gasteiger partial charge in [-0.2, -0.15) is 19.8 Å². The van der Waals surface area contributed by atoms with Crippen LogP contribution in [0.25, 0.3) is 0 Å². The Balaban J connectivity index is -0.0000000267. The van der Waals surface area contributed by atoms with E-state index in [2.05, 4.69) is 0 Å². The number of rotatable bonds is 0. The molecule has 0 radical (unpaired) electrons. The van der Waals surface area contributed by atoms with E-state index in [1.165, 1.54) is 0 Å². The van der Waals surface area contributed by atoms with E-state index in [-0.39, 0.29) is 21.2 Å². The van der Waals surface area contributed by atoms with Crippen molar-refractivity contribution in [2.24, 2.45) is 0 Å². The van der Waals surface area contributed by atoms with Crippen LogP contribution < -0.4 is 4.89 Å². The topological polar surface area (TPSA) is 80.6 Å². The summed E-state index contributed by atoms with van der Waals surface area (Å²) in [6, 6.07) is 0. The van der Waals surface area contributed by atoms with Gasteiger partial charge in [0.1, 0.15) is 0 Å². The summed E-state index contributed by atoms with van der Waals surface area (Å²) in [7, 11) is -4.89. The lowest BCUT2D eigenvalue weighted by molar-refractivity contribution is -0.214. The molecule has 0 fully saturated rings. The van der Waals surface area contributed by atoms with E-state index in [1.54, 1.807) is 0 Å². The summed E-state index contributed by atoms with van der Waals surface area (Å²) < 4.78 is 8.77. The Kier molecular flexibility index (Phi) is 11.5. The molecule has 0 aromatic heterocycles. The van der Waals surface area contributed by atoms with Crippen LogP contribution in [-0.2, 0) is 4.57 Å². The van der Waals surface area contributed by atoms with E-state index < -0.39 is 7.82 Å². The predicted molar refractivity (Wildman–Crippen MR) is 35.4 cm³/mol. The Morgan fingerprint density at radius 2 is 1.43 bits per heavy atom. The summed E-state index contributed by atoms with van der Waals surface area (Å²) in [6.07, 6.45) is 0. The fourth-order valence-electron chi connectivity index (χ4n) is 0. The van der Waals surface area contributed by atoms with Crippen LogP contribution in [0.1, 0.15) is 1.43 Å². The summed E-state index contributed by atoms with van der Waals surface area (Å²) in [4.78, 5) is 22.9. The van der Waals surface area contributed by atoms with Gasteiger partial charge in [-0.3, -0.25) is 4.57 Å². The van der Waals surface area contributed by atoms with Crippen molar-refractivity contribution in [2.75, 3.05) is 0 Å². The van der Waals surface area contributed by atoms with E-state index in [0.29, 0.717) is 0 Å². The summed E-state index contributed by atoms with van der Waals surface area (Å²) in [5, 5.41) is 0. The Morgan fingerprint density at radius 3 is 1.43 bits per heavy atom. The van der Waals surface area contributed by atoms with Crippen molar-refractivity contribution in [3.05, 3.63) is 0 Å². The van der Waals surface area contributed by atoms with Gasteiger partial charge in [-0.15, -0.1) is 0 Å². The van der Waals surface area contributed by atoms with Crippen molar-refractivity contribution in [1.82, 2.24) is 0 Å². The van der Waals surface area contributed by atoms with Gasteiger partial charge in [0.2, 0.25) is 0 Å².